The highest BCUT2D eigenvalue weighted by atomic mass is 32.2. The van der Waals surface area contributed by atoms with Gasteiger partial charge in [0, 0.05) is 47.3 Å². The molecule has 0 spiro atoms. The average molecular weight is 505 g/mol. The molecule has 3 heterocycles. The topological polar surface area (TPSA) is 102 Å². The Morgan fingerprint density at radius 3 is 2.60 bits per heavy atom. The van der Waals surface area contributed by atoms with Crippen LogP contribution in [0.4, 0.5) is 16.5 Å². The molecule has 0 unspecified atom stereocenters. The van der Waals surface area contributed by atoms with Crippen molar-refractivity contribution in [2.45, 2.75) is 13.8 Å². The van der Waals surface area contributed by atoms with Crippen molar-refractivity contribution >= 4 is 48.9 Å². The van der Waals surface area contributed by atoms with E-state index in [1.54, 1.807) is 42.8 Å². The van der Waals surface area contributed by atoms with Crippen LogP contribution < -0.4 is 10.0 Å². The van der Waals surface area contributed by atoms with E-state index < -0.39 is 10.0 Å². The maximum Gasteiger partial charge on any atom is 0.232 e. The van der Waals surface area contributed by atoms with Gasteiger partial charge in [-0.25, -0.2) is 18.4 Å². The van der Waals surface area contributed by atoms with Crippen LogP contribution in [0.15, 0.2) is 66.3 Å². The molecular formula is C25H24N6O2S2. The summed E-state index contributed by atoms with van der Waals surface area (Å²) in [5.41, 5.74) is 7.09. The van der Waals surface area contributed by atoms with Crippen LogP contribution in [-0.4, -0.2) is 33.7 Å². The summed E-state index contributed by atoms with van der Waals surface area (Å²) in [6, 6.07) is 15.3. The zero-order chi connectivity index (χ0) is 24.6. The summed E-state index contributed by atoms with van der Waals surface area (Å²) < 4.78 is 28.6. The minimum atomic E-state index is -3.36. The number of benzene rings is 2. The molecule has 5 rings (SSSR count). The van der Waals surface area contributed by atoms with Crippen molar-refractivity contribution < 1.29 is 8.42 Å². The molecule has 8 nitrogen and oxygen atoms in total. The van der Waals surface area contributed by atoms with Gasteiger partial charge < -0.3 is 9.88 Å². The highest BCUT2D eigenvalue weighted by Gasteiger charge is 2.15. The van der Waals surface area contributed by atoms with E-state index in [-0.39, 0.29) is 5.75 Å². The zero-order valence-corrected chi connectivity index (χ0v) is 21.1. The first-order valence-electron chi connectivity index (χ1n) is 11.0. The molecule has 0 aliphatic heterocycles. The Labute approximate surface area is 207 Å². The fourth-order valence-electron chi connectivity index (χ4n) is 3.81. The summed E-state index contributed by atoms with van der Waals surface area (Å²) in [7, 11) is -1.40. The van der Waals surface area contributed by atoms with E-state index in [9.17, 15) is 8.42 Å². The molecule has 5 aromatic rings. The van der Waals surface area contributed by atoms with E-state index in [1.807, 2.05) is 54.3 Å². The molecule has 35 heavy (non-hydrogen) atoms. The Morgan fingerprint density at radius 2 is 1.83 bits per heavy atom. The fraction of sp³-hybridized carbons (Fsp3) is 0.160. The summed E-state index contributed by atoms with van der Waals surface area (Å²) >= 11 is 1.54. The van der Waals surface area contributed by atoms with Gasteiger partial charge in [-0.2, -0.15) is 0 Å². The Bertz CT molecular complexity index is 1620. The maximum atomic E-state index is 12.0. The maximum absolute atomic E-state index is 12.0. The van der Waals surface area contributed by atoms with E-state index >= 15 is 0 Å². The number of pyridine rings is 1. The molecule has 178 valence electrons. The number of sulfonamides is 1. The fourth-order valence-corrected chi connectivity index (χ4v) is 5.17. The number of nitrogens with one attached hydrogen (secondary N) is 2. The standard InChI is InChI=1S/C25H24N6O2S2/c1-4-35(32,33)30-19-7-5-6-18(13-19)24-27-21-14-20(16(2)12-23(21)31(24)3)28-25-29-22(15-34-25)17-8-10-26-11-9-17/h5-15,30H,4H2,1-3H3,(H,28,29). The number of aromatic nitrogens is 4. The Hall–Kier alpha value is -3.76. The lowest BCUT2D eigenvalue weighted by Crippen LogP contribution is -2.14. The van der Waals surface area contributed by atoms with Crippen molar-refractivity contribution in [3.63, 3.8) is 0 Å². The van der Waals surface area contributed by atoms with Crippen molar-refractivity contribution in [3.8, 4) is 22.6 Å². The largest absolute Gasteiger partial charge is 0.331 e. The van der Waals surface area contributed by atoms with Gasteiger partial charge in [0.15, 0.2) is 5.13 Å². The summed E-state index contributed by atoms with van der Waals surface area (Å²) in [4.78, 5) is 13.6. The van der Waals surface area contributed by atoms with E-state index in [0.717, 1.165) is 50.1 Å². The van der Waals surface area contributed by atoms with Crippen molar-refractivity contribution in [1.29, 1.82) is 0 Å². The summed E-state index contributed by atoms with van der Waals surface area (Å²) in [6.07, 6.45) is 3.51. The molecule has 0 saturated carbocycles. The van der Waals surface area contributed by atoms with Gasteiger partial charge in [0.2, 0.25) is 10.0 Å². The van der Waals surface area contributed by atoms with Gasteiger partial charge in [-0.05, 0) is 55.8 Å². The first-order valence-corrected chi connectivity index (χ1v) is 13.6. The molecule has 3 aromatic heterocycles. The molecule has 0 amide bonds. The SMILES string of the molecule is CCS(=O)(=O)Nc1cccc(-c2nc3cc(Nc4nc(-c5ccncc5)cs4)c(C)cc3n2C)c1. The highest BCUT2D eigenvalue weighted by molar-refractivity contribution is 7.92. The van der Waals surface area contributed by atoms with Crippen molar-refractivity contribution in [1.82, 2.24) is 19.5 Å². The second kappa shape index (κ2) is 9.12. The molecule has 0 bridgehead atoms. The third-order valence-corrected chi connectivity index (χ3v) is 7.79. The lowest BCUT2D eigenvalue weighted by atomic mass is 10.1. The summed E-state index contributed by atoms with van der Waals surface area (Å²) in [5.74, 6) is 0.769. The number of hydrogen-bond acceptors (Lipinski definition) is 7. The lowest BCUT2D eigenvalue weighted by Gasteiger charge is -2.09. The number of thiazole rings is 1. The molecule has 10 heteroatoms. The third-order valence-electron chi connectivity index (χ3n) is 5.72. The molecule has 0 aliphatic carbocycles. The van der Waals surface area contributed by atoms with Gasteiger partial charge >= 0.3 is 0 Å². The van der Waals surface area contributed by atoms with Crippen LogP contribution in [0.3, 0.4) is 0 Å². The monoisotopic (exact) mass is 504 g/mol. The van der Waals surface area contributed by atoms with Crippen LogP contribution in [-0.2, 0) is 17.1 Å². The average Bonchev–Trinajstić information content (AvgIpc) is 3.45. The van der Waals surface area contributed by atoms with Crippen LogP contribution in [0.5, 0.6) is 0 Å². The molecular weight excluding hydrogens is 480 g/mol. The molecule has 2 aromatic carbocycles. The molecule has 2 N–H and O–H groups in total. The number of anilines is 3. The number of hydrogen-bond donors (Lipinski definition) is 2. The lowest BCUT2D eigenvalue weighted by molar-refractivity contribution is 0.602. The normalized spacial score (nSPS) is 11.6. The van der Waals surface area contributed by atoms with E-state index in [1.165, 1.54) is 0 Å². The number of fused-ring (bicyclic) bond motifs is 1. The quantitative estimate of drug-likeness (QED) is 0.300. The zero-order valence-electron chi connectivity index (χ0n) is 19.5. The highest BCUT2D eigenvalue weighted by Crippen LogP contribution is 2.32. The van der Waals surface area contributed by atoms with E-state index in [2.05, 4.69) is 21.1 Å². The summed E-state index contributed by atoms with van der Waals surface area (Å²) in [5, 5.41) is 6.25. The number of nitrogens with zero attached hydrogens (tertiary/aromatic N) is 4. The minimum Gasteiger partial charge on any atom is -0.331 e. The molecule has 0 radical (unpaired) electrons. The van der Waals surface area contributed by atoms with Crippen LogP contribution in [0, 0.1) is 6.92 Å². The molecule has 0 atom stereocenters. The van der Waals surface area contributed by atoms with Crippen molar-refractivity contribution in [2.24, 2.45) is 7.05 Å². The summed E-state index contributed by atoms with van der Waals surface area (Å²) in [6.45, 7) is 3.66. The predicted octanol–water partition coefficient (Wildman–Crippen LogP) is 5.57. The number of imidazole rings is 1. The third kappa shape index (κ3) is 4.75. The van der Waals surface area contributed by atoms with Gasteiger partial charge in [0.25, 0.3) is 0 Å². The van der Waals surface area contributed by atoms with Gasteiger partial charge in [0.05, 0.1) is 22.5 Å². The van der Waals surface area contributed by atoms with E-state index in [4.69, 9.17) is 9.97 Å². The van der Waals surface area contributed by atoms with E-state index in [0.29, 0.717) is 5.69 Å². The van der Waals surface area contributed by atoms with Crippen molar-refractivity contribution in [2.75, 3.05) is 15.8 Å². The molecule has 0 aliphatic rings. The molecule has 0 fully saturated rings. The Kier molecular flexibility index (Phi) is 6.00. The first kappa shape index (κ1) is 23.0. The number of aryl methyl sites for hydroxylation is 2. The van der Waals surface area contributed by atoms with Crippen LogP contribution in [0.25, 0.3) is 33.7 Å². The first-order chi connectivity index (χ1) is 16.8. The Morgan fingerprint density at radius 1 is 1.03 bits per heavy atom. The van der Waals surface area contributed by atoms with Gasteiger partial charge in [0.1, 0.15) is 5.82 Å². The predicted molar refractivity (Wildman–Crippen MR) is 143 cm³/mol. The molecule has 0 saturated heterocycles. The van der Waals surface area contributed by atoms with Crippen LogP contribution >= 0.6 is 11.3 Å². The van der Waals surface area contributed by atoms with Gasteiger partial charge in [-0.15, -0.1) is 11.3 Å². The van der Waals surface area contributed by atoms with Crippen LogP contribution in [0.1, 0.15) is 12.5 Å². The smallest absolute Gasteiger partial charge is 0.232 e. The van der Waals surface area contributed by atoms with Gasteiger partial charge in [-0.3, -0.25) is 9.71 Å². The second-order valence-electron chi connectivity index (χ2n) is 8.14. The Balaban J connectivity index is 1.46. The second-order valence-corrected chi connectivity index (χ2v) is 11.0. The van der Waals surface area contributed by atoms with Crippen molar-refractivity contribution in [3.05, 3.63) is 71.9 Å². The minimum absolute atomic E-state index is 0.0156. The number of rotatable bonds is 7. The van der Waals surface area contributed by atoms with Crippen LogP contribution in [0.2, 0.25) is 0 Å². The van der Waals surface area contributed by atoms with Gasteiger partial charge in [-0.1, -0.05) is 12.1 Å².